The van der Waals surface area contributed by atoms with Crippen molar-refractivity contribution in [3.8, 4) is 0 Å². The van der Waals surface area contributed by atoms with Crippen LogP contribution in [-0.2, 0) is 9.59 Å². The third-order valence-electron chi connectivity index (χ3n) is 4.16. The van der Waals surface area contributed by atoms with Crippen molar-refractivity contribution in [2.45, 2.75) is 44.1 Å². The predicted octanol–water partition coefficient (Wildman–Crippen LogP) is 0.339. The van der Waals surface area contributed by atoms with Crippen molar-refractivity contribution in [1.29, 1.82) is 0 Å². The van der Waals surface area contributed by atoms with Crippen molar-refractivity contribution in [2.75, 3.05) is 26.7 Å². The molecule has 2 rings (SSSR count). The van der Waals surface area contributed by atoms with Crippen molar-refractivity contribution in [2.24, 2.45) is 5.73 Å². The van der Waals surface area contributed by atoms with Crippen LogP contribution in [0, 0.1) is 0 Å². The van der Waals surface area contributed by atoms with Crippen LogP contribution in [0.25, 0.3) is 0 Å². The number of nitrogens with two attached hydrogens (primary N) is 1. The Hall–Kier alpha value is -1.10. The fourth-order valence-corrected chi connectivity index (χ4v) is 2.82. The molecule has 18 heavy (non-hydrogen) atoms. The number of hydrogen-bond donors (Lipinski definition) is 1. The molecule has 102 valence electrons. The Balaban J connectivity index is 1.89. The lowest BCUT2D eigenvalue weighted by molar-refractivity contribution is -0.145. The molecule has 0 spiro atoms. The standard InChI is InChI=1S/C13H23N3O2/c1-15-7-8-16(10-12(15)18)11(17)9-13(14)5-3-2-4-6-13/h2-10,14H2,1H3. The number of hydrogen-bond acceptors (Lipinski definition) is 3. The highest BCUT2D eigenvalue weighted by molar-refractivity contribution is 5.86. The summed E-state index contributed by atoms with van der Waals surface area (Å²) >= 11 is 0. The summed E-state index contributed by atoms with van der Waals surface area (Å²) < 4.78 is 0. The van der Waals surface area contributed by atoms with Gasteiger partial charge in [-0.1, -0.05) is 19.3 Å². The highest BCUT2D eigenvalue weighted by atomic mass is 16.2. The molecule has 1 saturated heterocycles. The number of carbonyl (C=O) groups excluding carboxylic acids is 2. The molecular formula is C13H23N3O2. The molecule has 2 fully saturated rings. The van der Waals surface area contributed by atoms with E-state index in [-0.39, 0.29) is 23.9 Å². The van der Waals surface area contributed by atoms with Gasteiger partial charge in [-0.3, -0.25) is 9.59 Å². The van der Waals surface area contributed by atoms with Gasteiger partial charge in [-0.15, -0.1) is 0 Å². The molecule has 0 atom stereocenters. The number of amides is 2. The fourth-order valence-electron chi connectivity index (χ4n) is 2.82. The summed E-state index contributed by atoms with van der Waals surface area (Å²) in [6.07, 6.45) is 5.71. The predicted molar refractivity (Wildman–Crippen MR) is 68.8 cm³/mol. The van der Waals surface area contributed by atoms with Crippen molar-refractivity contribution < 1.29 is 9.59 Å². The maximum atomic E-state index is 12.2. The smallest absolute Gasteiger partial charge is 0.241 e. The van der Waals surface area contributed by atoms with Gasteiger partial charge in [0.25, 0.3) is 0 Å². The molecule has 0 aromatic carbocycles. The molecule has 0 aromatic heterocycles. The Morgan fingerprint density at radius 1 is 1.28 bits per heavy atom. The second-order valence-corrected chi connectivity index (χ2v) is 5.73. The fraction of sp³-hybridized carbons (Fsp3) is 0.846. The zero-order valence-corrected chi connectivity index (χ0v) is 11.2. The van der Waals surface area contributed by atoms with E-state index in [0.717, 1.165) is 25.7 Å². The largest absolute Gasteiger partial charge is 0.342 e. The van der Waals surface area contributed by atoms with Crippen LogP contribution in [0.2, 0.25) is 0 Å². The highest BCUT2D eigenvalue weighted by Gasteiger charge is 2.33. The van der Waals surface area contributed by atoms with E-state index in [9.17, 15) is 9.59 Å². The van der Waals surface area contributed by atoms with Gasteiger partial charge in [0, 0.05) is 32.1 Å². The van der Waals surface area contributed by atoms with E-state index in [2.05, 4.69) is 0 Å². The average molecular weight is 253 g/mol. The van der Waals surface area contributed by atoms with Gasteiger partial charge >= 0.3 is 0 Å². The summed E-state index contributed by atoms with van der Waals surface area (Å²) in [6.45, 7) is 1.48. The van der Waals surface area contributed by atoms with Crippen LogP contribution < -0.4 is 5.73 Å². The lowest BCUT2D eigenvalue weighted by Gasteiger charge is -2.37. The van der Waals surface area contributed by atoms with Crippen LogP contribution in [0.15, 0.2) is 0 Å². The maximum absolute atomic E-state index is 12.2. The second-order valence-electron chi connectivity index (χ2n) is 5.73. The zero-order chi connectivity index (χ0) is 13.2. The van der Waals surface area contributed by atoms with Gasteiger partial charge < -0.3 is 15.5 Å². The molecule has 0 radical (unpaired) electrons. The molecule has 2 amide bonds. The molecule has 5 nitrogen and oxygen atoms in total. The molecule has 5 heteroatoms. The summed E-state index contributed by atoms with van der Waals surface area (Å²) in [4.78, 5) is 27.1. The molecule has 2 N–H and O–H groups in total. The highest BCUT2D eigenvalue weighted by Crippen LogP contribution is 2.29. The van der Waals surface area contributed by atoms with Crippen molar-refractivity contribution in [1.82, 2.24) is 9.80 Å². The number of carbonyl (C=O) groups is 2. The van der Waals surface area contributed by atoms with E-state index in [0.29, 0.717) is 19.5 Å². The first kappa shape index (κ1) is 13.3. The third-order valence-corrected chi connectivity index (χ3v) is 4.16. The van der Waals surface area contributed by atoms with Crippen LogP contribution >= 0.6 is 0 Å². The topological polar surface area (TPSA) is 66.6 Å². The zero-order valence-electron chi connectivity index (χ0n) is 11.2. The number of nitrogens with zero attached hydrogens (tertiary/aromatic N) is 2. The van der Waals surface area contributed by atoms with Crippen molar-refractivity contribution in [3.63, 3.8) is 0 Å². The molecule has 0 unspecified atom stereocenters. The average Bonchev–Trinajstić information content (AvgIpc) is 2.33. The maximum Gasteiger partial charge on any atom is 0.241 e. The summed E-state index contributed by atoms with van der Waals surface area (Å²) in [5, 5.41) is 0. The molecule has 1 heterocycles. The van der Waals surface area contributed by atoms with Gasteiger partial charge in [0.2, 0.25) is 11.8 Å². The molecule has 0 bridgehead atoms. The first-order valence-electron chi connectivity index (χ1n) is 6.81. The van der Waals surface area contributed by atoms with E-state index >= 15 is 0 Å². The minimum absolute atomic E-state index is 0.0179. The van der Waals surface area contributed by atoms with Gasteiger partial charge in [-0.25, -0.2) is 0 Å². The Morgan fingerprint density at radius 3 is 2.56 bits per heavy atom. The SMILES string of the molecule is CN1CCN(C(=O)CC2(N)CCCCC2)CC1=O. The summed E-state index contributed by atoms with van der Waals surface area (Å²) in [7, 11) is 1.77. The van der Waals surface area contributed by atoms with Crippen LogP contribution in [0.4, 0.5) is 0 Å². The number of likely N-dealkylation sites (N-methyl/N-ethyl adjacent to an activating group) is 1. The molecule has 1 saturated carbocycles. The van der Waals surface area contributed by atoms with E-state index in [1.54, 1.807) is 16.8 Å². The first-order chi connectivity index (χ1) is 8.50. The van der Waals surface area contributed by atoms with Gasteiger partial charge in [0.05, 0.1) is 6.54 Å². The Bertz CT molecular complexity index is 337. The van der Waals surface area contributed by atoms with Gasteiger partial charge in [-0.05, 0) is 12.8 Å². The quantitative estimate of drug-likeness (QED) is 0.771. The number of rotatable bonds is 2. The lowest BCUT2D eigenvalue weighted by Crippen LogP contribution is -2.53. The Kier molecular flexibility index (Phi) is 3.90. The summed E-state index contributed by atoms with van der Waals surface area (Å²) in [5.74, 6) is 0.0603. The van der Waals surface area contributed by atoms with Crippen molar-refractivity contribution >= 4 is 11.8 Å². The van der Waals surface area contributed by atoms with Crippen molar-refractivity contribution in [3.05, 3.63) is 0 Å². The molecule has 1 aliphatic heterocycles. The van der Waals surface area contributed by atoms with E-state index in [4.69, 9.17) is 5.73 Å². The normalized spacial score (nSPS) is 24.2. The van der Waals surface area contributed by atoms with E-state index < -0.39 is 0 Å². The number of piperazine rings is 1. The monoisotopic (exact) mass is 253 g/mol. The first-order valence-corrected chi connectivity index (χ1v) is 6.81. The van der Waals surface area contributed by atoms with E-state index in [1.165, 1.54) is 6.42 Å². The van der Waals surface area contributed by atoms with E-state index in [1.807, 2.05) is 0 Å². The van der Waals surface area contributed by atoms with Crippen LogP contribution in [0.5, 0.6) is 0 Å². The molecular weight excluding hydrogens is 230 g/mol. The van der Waals surface area contributed by atoms with Crippen LogP contribution in [-0.4, -0.2) is 53.8 Å². The molecule has 2 aliphatic rings. The Labute approximate surface area is 108 Å². The molecule has 1 aliphatic carbocycles. The lowest BCUT2D eigenvalue weighted by atomic mass is 9.80. The van der Waals surface area contributed by atoms with Gasteiger partial charge in [0.15, 0.2) is 0 Å². The Morgan fingerprint density at radius 2 is 1.94 bits per heavy atom. The van der Waals surface area contributed by atoms with Gasteiger partial charge in [-0.2, -0.15) is 0 Å². The third kappa shape index (κ3) is 3.02. The minimum atomic E-state index is -0.332. The van der Waals surface area contributed by atoms with Crippen LogP contribution in [0.3, 0.4) is 0 Å². The second kappa shape index (κ2) is 5.26. The minimum Gasteiger partial charge on any atom is -0.342 e. The summed E-state index contributed by atoms with van der Waals surface area (Å²) in [6, 6.07) is 0. The molecule has 0 aromatic rings. The summed E-state index contributed by atoms with van der Waals surface area (Å²) in [5.41, 5.74) is 5.95. The van der Waals surface area contributed by atoms with Crippen LogP contribution in [0.1, 0.15) is 38.5 Å². The van der Waals surface area contributed by atoms with Gasteiger partial charge in [0.1, 0.15) is 0 Å².